The zero-order valence-electron chi connectivity index (χ0n) is 9.33. The summed E-state index contributed by atoms with van der Waals surface area (Å²) >= 11 is 0. The van der Waals surface area contributed by atoms with Crippen LogP contribution in [-0.2, 0) is 6.42 Å². The molecule has 0 fully saturated rings. The molecular weight excluding hydrogens is 188 g/mol. The Labute approximate surface area is 91.6 Å². The first-order chi connectivity index (χ1) is 7.36. The van der Waals surface area contributed by atoms with Crippen LogP contribution in [0.4, 0.5) is 0 Å². The molecule has 0 aliphatic carbocycles. The third-order valence-electron chi connectivity index (χ3n) is 2.45. The second-order valence-electron chi connectivity index (χ2n) is 3.61. The van der Waals surface area contributed by atoms with Crippen LogP contribution in [0.3, 0.4) is 0 Å². The highest BCUT2D eigenvalue weighted by atomic mass is 16.5. The van der Waals surface area contributed by atoms with Crippen LogP contribution >= 0.6 is 0 Å². The van der Waals surface area contributed by atoms with Crippen LogP contribution in [0.2, 0.25) is 0 Å². The van der Waals surface area contributed by atoms with Gasteiger partial charge in [0.1, 0.15) is 5.75 Å². The third kappa shape index (κ3) is 4.81. The minimum absolute atomic E-state index is 0.905. The summed E-state index contributed by atoms with van der Waals surface area (Å²) in [5.41, 5.74) is 4.04. The average Bonchev–Trinajstić information content (AvgIpc) is 2.30. The fraction of sp³-hybridized carbons (Fsp3) is 0.500. The van der Waals surface area contributed by atoms with Crippen LogP contribution < -0.4 is 16.0 Å². The number of nitrogens with one attached hydrogen (secondary N) is 1. The first-order valence-corrected chi connectivity index (χ1v) is 5.43. The fourth-order valence-electron chi connectivity index (χ4n) is 1.53. The number of methoxy groups -OCH3 is 1. The van der Waals surface area contributed by atoms with Crippen molar-refractivity contribution in [1.82, 2.24) is 5.43 Å². The molecule has 0 saturated heterocycles. The highest BCUT2D eigenvalue weighted by Crippen LogP contribution is 2.13. The zero-order chi connectivity index (χ0) is 10.9. The molecule has 0 aliphatic rings. The van der Waals surface area contributed by atoms with Crippen molar-refractivity contribution in [1.29, 1.82) is 0 Å². The molecule has 0 bridgehead atoms. The lowest BCUT2D eigenvalue weighted by molar-refractivity contribution is 0.414. The van der Waals surface area contributed by atoms with Crippen molar-refractivity contribution >= 4 is 0 Å². The van der Waals surface area contributed by atoms with E-state index in [4.69, 9.17) is 10.6 Å². The van der Waals surface area contributed by atoms with E-state index in [1.54, 1.807) is 7.11 Å². The van der Waals surface area contributed by atoms with E-state index in [0.717, 1.165) is 25.1 Å². The molecule has 1 aromatic rings. The van der Waals surface area contributed by atoms with Crippen LogP contribution in [0.25, 0.3) is 0 Å². The van der Waals surface area contributed by atoms with E-state index in [1.807, 2.05) is 12.1 Å². The minimum Gasteiger partial charge on any atom is -0.497 e. The number of ether oxygens (including phenoxy) is 1. The Hall–Kier alpha value is -1.06. The van der Waals surface area contributed by atoms with Crippen molar-refractivity contribution in [3.05, 3.63) is 29.8 Å². The smallest absolute Gasteiger partial charge is 0.118 e. The molecule has 3 nitrogen and oxygen atoms in total. The summed E-state index contributed by atoms with van der Waals surface area (Å²) in [6.07, 6.45) is 4.71. The van der Waals surface area contributed by atoms with Gasteiger partial charge in [-0.15, -0.1) is 0 Å². The van der Waals surface area contributed by atoms with Gasteiger partial charge in [-0.25, -0.2) is 0 Å². The normalized spacial score (nSPS) is 10.3. The van der Waals surface area contributed by atoms with Gasteiger partial charge in [0, 0.05) is 6.54 Å². The lowest BCUT2D eigenvalue weighted by atomic mass is 10.1. The second kappa shape index (κ2) is 7.26. The topological polar surface area (TPSA) is 47.3 Å². The van der Waals surface area contributed by atoms with Crippen molar-refractivity contribution in [3.63, 3.8) is 0 Å². The van der Waals surface area contributed by atoms with Crippen LogP contribution in [0.1, 0.15) is 24.8 Å². The summed E-state index contributed by atoms with van der Waals surface area (Å²) in [6.45, 7) is 0.905. The number of aryl methyl sites for hydroxylation is 1. The molecule has 0 aliphatic heterocycles. The molecule has 3 N–H and O–H groups in total. The molecule has 0 amide bonds. The number of rotatable bonds is 7. The molecule has 0 atom stereocenters. The van der Waals surface area contributed by atoms with Crippen molar-refractivity contribution in [3.8, 4) is 5.75 Å². The zero-order valence-corrected chi connectivity index (χ0v) is 9.33. The molecule has 0 heterocycles. The lowest BCUT2D eigenvalue weighted by Crippen LogP contribution is -2.22. The monoisotopic (exact) mass is 208 g/mol. The van der Waals surface area contributed by atoms with Crippen LogP contribution in [-0.4, -0.2) is 13.7 Å². The highest BCUT2D eigenvalue weighted by molar-refractivity contribution is 5.27. The first-order valence-electron chi connectivity index (χ1n) is 5.43. The Morgan fingerprint density at radius 3 is 2.47 bits per heavy atom. The van der Waals surface area contributed by atoms with E-state index in [-0.39, 0.29) is 0 Å². The minimum atomic E-state index is 0.905. The van der Waals surface area contributed by atoms with Gasteiger partial charge < -0.3 is 4.74 Å². The van der Waals surface area contributed by atoms with Crippen molar-refractivity contribution in [2.45, 2.75) is 25.7 Å². The molecule has 0 unspecified atom stereocenters. The Morgan fingerprint density at radius 1 is 1.13 bits per heavy atom. The van der Waals surface area contributed by atoms with Crippen molar-refractivity contribution in [2.75, 3.05) is 13.7 Å². The number of benzene rings is 1. The predicted octanol–water partition coefficient (Wildman–Crippen LogP) is 1.87. The van der Waals surface area contributed by atoms with Crippen molar-refractivity contribution < 1.29 is 4.74 Å². The van der Waals surface area contributed by atoms with E-state index < -0.39 is 0 Å². The Bertz CT molecular complexity index is 259. The first kappa shape index (κ1) is 12.0. The standard InChI is InChI=1S/C12H20N2O/c1-15-12-8-6-11(7-9-12)5-3-2-4-10-14-13/h6-9,14H,2-5,10,13H2,1H3. The number of unbranched alkanes of at least 4 members (excludes halogenated alkanes) is 2. The summed E-state index contributed by atoms with van der Waals surface area (Å²) in [5.74, 6) is 6.11. The Kier molecular flexibility index (Phi) is 5.81. The molecule has 0 saturated carbocycles. The summed E-state index contributed by atoms with van der Waals surface area (Å²) in [5, 5.41) is 0. The van der Waals surface area contributed by atoms with Gasteiger partial charge in [0.15, 0.2) is 0 Å². The van der Waals surface area contributed by atoms with Gasteiger partial charge in [-0.05, 0) is 37.0 Å². The maximum Gasteiger partial charge on any atom is 0.118 e. The summed E-state index contributed by atoms with van der Waals surface area (Å²) < 4.78 is 5.10. The predicted molar refractivity (Wildman–Crippen MR) is 62.7 cm³/mol. The SMILES string of the molecule is COc1ccc(CCCCCNN)cc1. The second-order valence-corrected chi connectivity index (χ2v) is 3.61. The van der Waals surface area contributed by atoms with Gasteiger partial charge in [-0.1, -0.05) is 18.6 Å². The Balaban J connectivity index is 2.20. The largest absolute Gasteiger partial charge is 0.497 e. The van der Waals surface area contributed by atoms with Gasteiger partial charge >= 0.3 is 0 Å². The third-order valence-corrected chi connectivity index (χ3v) is 2.45. The fourth-order valence-corrected chi connectivity index (χ4v) is 1.53. The summed E-state index contributed by atoms with van der Waals surface area (Å²) in [4.78, 5) is 0. The maximum absolute atomic E-state index is 5.19. The van der Waals surface area contributed by atoms with Gasteiger partial charge in [-0.2, -0.15) is 0 Å². The molecule has 1 aromatic carbocycles. The van der Waals surface area contributed by atoms with E-state index in [1.165, 1.54) is 18.4 Å². The number of hydrogen-bond donors (Lipinski definition) is 2. The van der Waals surface area contributed by atoms with E-state index >= 15 is 0 Å². The van der Waals surface area contributed by atoms with E-state index in [9.17, 15) is 0 Å². The van der Waals surface area contributed by atoms with Crippen molar-refractivity contribution in [2.24, 2.45) is 5.84 Å². The van der Waals surface area contributed by atoms with Gasteiger partial charge in [0.2, 0.25) is 0 Å². The van der Waals surface area contributed by atoms with Crippen LogP contribution in [0.15, 0.2) is 24.3 Å². The summed E-state index contributed by atoms with van der Waals surface area (Å²) in [6, 6.07) is 8.27. The maximum atomic E-state index is 5.19. The molecule has 15 heavy (non-hydrogen) atoms. The molecule has 84 valence electrons. The van der Waals surface area contributed by atoms with Crippen LogP contribution in [0, 0.1) is 0 Å². The molecule has 3 heteroatoms. The average molecular weight is 208 g/mol. The molecule has 0 spiro atoms. The molecular formula is C12H20N2O. The van der Waals surface area contributed by atoms with Gasteiger partial charge in [-0.3, -0.25) is 11.3 Å². The lowest BCUT2D eigenvalue weighted by Gasteiger charge is -2.03. The highest BCUT2D eigenvalue weighted by Gasteiger charge is 1.94. The molecule has 1 rings (SSSR count). The number of hydrogen-bond acceptors (Lipinski definition) is 3. The molecule has 0 radical (unpaired) electrons. The van der Waals surface area contributed by atoms with Crippen LogP contribution in [0.5, 0.6) is 5.75 Å². The number of nitrogens with two attached hydrogens (primary N) is 1. The summed E-state index contributed by atoms with van der Waals surface area (Å²) in [7, 11) is 1.69. The quantitative estimate of drug-likeness (QED) is 0.408. The van der Waals surface area contributed by atoms with Gasteiger partial charge in [0.05, 0.1) is 7.11 Å². The molecule has 0 aromatic heterocycles. The van der Waals surface area contributed by atoms with E-state index in [2.05, 4.69) is 17.6 Å². The van der Waals surface area contributed by atoms with E-state index in [0.29, 0.717) is 0 Å². The Morgan fingerprint density at radius 2 is 1.87 bits per heavy atom. The van der Waals surface area contributed by atoms with Gasteiger partial charge in [0.25, 0.3) is 0 Å². The number of hydrazine groups is 1.